The molecular weight excluding hydrogens is 214 g/mol. The topological polar surface area (TPSA) is 34.4 Å². The first-order valence-corrected chi connectivity index (χ1v) is 6.68. The fourth-order valence-electron chi connectivity index (χ4n) is 2.60. The van der Waals surface area contributed by atoms with E-state index in [0.717, 1.165) is 44.6 Å². The lowest BCUT2D eigenvalue weighted by Gasteiger charge is -2.40. The third-order valence-corrected chi connectivity index (χ3v) is 3.93. The molecule has 0 amide bonds. The number of ether oxygens (including phenoxy) is 1. The van der Waals surface area contributed by atoms with Crippen LogP contribution in [0.1, 0.15) is 45.3 Å². The zero-order valence-electron chi connectivity index (χ0n) is 10.9. The summed E-state index contributed by atoms with van der Waals surface area (Å²) >= 11 is 0. The Morgan fingerprint density at radius 1 is 1.41 bits per heavy atom. The summed E-state index contributed by atoms with van der Waals surface area (Å²) in [6, 6.07) is 4.50. The van der Waals surface area contributed by atoms with Crippen LogP contribution in [0.15, 0.2) is 22.8 Å². The standard InChI is InChI=1S/C14H23NO2/c1-3-14(4-2)10-12(7-9-17-14)15-11-13-6-5-8-16-13/h5-6,8,12,15H,3-4,7,9-11H2,1-2H3. The van der Waals surface area contributed by atoms with Crippen molar-refractivity contribution in [3.63, 3.8) is 0 Å². The van der Waals surface area contributed by atoms with E-state index in [9.17, 15) is 0 Å². The molecule has 1 unspecified atom stereocenters. The number of furan rings is 1. The molecule has 3 heteroatoms. The van der Waals surface area contributed by atoms with Crippen LogP contribution in [0.2, 0.25) is 0 Å². The molecule has 0 aliphatic carbocycles. The van der Waals surface area contributed by atoms with Gasteiger partial charge in [0.05, 0.1) is 18.4 Å². The molecule has 3 nitrogen and oxygen atoms in total. The van der Waals surface area contributed by atoms with Gasteiger partial charge in [0, 0.05) is 12.6 Å². The summed E-state index contributed by atoms with van der Waals surface area (Å²) in [5, 5.41) is 3.57. The van der Waals surface area contributed by atoms with Crippen LogP contribution in [0, 0.1) is 0 Å². The van der Waals surface area contributed by atoms with E-state index in [1.165, 1.54) is 0 Å². The van der Waals surface area contributed by atoms with Crippen LogP contribution in [0.4, 0.5) is 0 Å². The maximum Gasteiger partial charge on any atom is 0.117 e. The first-order chi connectivity index (χ1) is 8.28. The molecule has 17 heavy (non-hydrogen) atoms. The average molecular weight is 237 g/mol. The Hall–Kier alpha value is -0.800. The van der Waals surface area contributed by atoms with E-state index in [0.29, 0.717) is 6.04 Å². The molecule has 1 atom stereocenters. The number of hydrogen-bond donors (Lipinski definition) is 1. The molecule has 1 aromatic heterocycles. The molecule has 1 N–H and O–H groups in total. The lowest BCUT2D eigenvalue weighted by molar-refractivity contribution is -0.0933. The molecule has 0 bridgehead atoms. The Kier molecular flexibility index (Phi) is 4.24. The molecule has 1 saturated heterocycles. The van der Waals surface area contributed by atoms with Gasteiger partial charge in [0.1, 0.15) is 5.76 Å². The molecular formula is C14H23NO2. The predicted octanol–water partition coefficient (Wildman–Crippen LogP) is 3.11. The van der Waals surface area contributed by atoms with E-state index < -0.39 is 0 Å². The largest absolute Gasteiger partial charge is 0.468 e. The van der Waals surface area contributed by atoms with Gasteiger partial charge in [-0.2, -0.15) is 0 Å². The van der Waals surface area contributed by atoms with Gasteiger partial charge in [0.25, 0.3) is 0 Å². The van der Waals surface area contributed by atoms with E-state index in [1.54, 1.807) is 6.26 Å². The van der Waals surface area contributed by atoms with Crippen molar-refractivity contribution in [2.75, 3.05) is 6.61 Å². The minimum atomic E-state index is 0.0963. The maximum atomic E-state index is 5.97. The smallest absolute Gasteiger partial charge is 0.117 e. The molecule has 1 aromatic rings. The van der Waals surface area contributed by atoms with Crippen LogP contribution in [0.5, 0.6) is 0 Å². The second-order valence-corrected chi connectivity index (χ2v) is 4.89. The van der Waals surface area contributed by atoms with Crippen molar-refractivity contribution in [3.05, 3.63) is 24.2 Å². The van der Waals surface area contributed by atoms with Crippen molar-refractivity contribution in [1.29, 1.82) is 0 Å². The predicted molar refractivity (Wildman–Crippen MR) is 67.8 cm³/mol. The number of hydrogen-bond acceptors (Lipinski definition) is 3. The fraction of sp³-hybridized carbons (Fsp3) is 0.714. The lowest BCUT2D eigenvalue weighted by Crippen LogP contribution is -2.46. The summed E-state index contributed by atoms with van der Waals surface area (Å²) in [6.07, 6.45) is 6.14. The summed E-state index contributed by atoms with van der Waals surface area (Å²) in [5.74, 6) is 1.01. The Morgan fingerprint density at radius 3 is 2.88 bits per heavy atom. The van der Waals surface area contributed by atoms with Crippen molar-refractivity contribution in [2.24, 2.45) is 0 Å². The highest BCUT2D eigenvalue weighted by atomic mass is 16.5. The first kappa shape index (κ1) is 12.7. The van der Waals surface area contributed by atoms with Crippen LogP contribution in [-0.2, 0) is 11.3 Å². The normalized spacial score (nSPS) is 23.8. The van der Waals surface area contributed by atoms with Gasteiger partial charge >= 0.3 is 0 Å². The zero-order valence-corrected chi connectivity index (χ0v) is 10.9. The van der Waals surface area contributed by atoms with Gasteiger partial charge in [-0.25, -0.2) is 0 Å². The van der Waals surface area contributed by atoms with Crippen LogP contribution in [0.3, 0.4) is 0 Å². The summed E-state index contributed by atoms with van der Waals surface area (Å²) in [6.45, 7) is 6.13. The van der Waals surface area contributed by atoms with Crippen molar-refractivity contribution >= 4 is 0 Å². The van der Waals surface area contributed by atoms with E-state index in [4.69, 9.17) is 9.15 Å². The lowest BCUT2D eigenvalue weighted by atomic mass is 9.86. The Morgan fingerprint density at radius 2 is 2.24 bits per heavy atom. The molecule has 1 aliphatic heterocycles. The maximum absolute atomic E-state index is 5.97. The second kappa shape index (κ2) is 5.69. The molecule has 2 heterocycles. The average Bonchev–Trinajstić information content (AvgIpc) is 2.90. The Labute approximate surface area is 104 Å². The zero-order chi connectivity index (χ0) is 12.1. The molecule has 0 saturated carbocycles. The van der Waals surface area contributed by atoms with Crippen molar-refractivity contribution in [1.82, 2.24) is 5.32 Å². The molecule has 0 radical (unpaired) electrons. The van der Waals surface area contributed by atoms with Gasteiger partial charge in [0.2, 0.25) is 0 Å². The molecule has 2 rings (SSSR count). The Bertz CT molecular complexity index is 317. The summed E-state index contributed by atoms with van der Waals surface area (Å²) in [4.78, 5) is 0. The van der Waals surface area contributed by atoms with E-state index in [-0.39, 0.29) is 5.60 Å². The summed E-state index contributed by atoms with van der Waals surface area (Å²) in [5.41, 5.74) is 0.0963. The fourth-order valence-corrected chi connectivity index (χ4v) is 2.60. The molecule has 0 spiro atoms. The highest BCUT2D eigenvalue weighted by molar-refractivity contribution is 4.98. The van der Waals surface area contributed by atoms with Crippen molar-refractivity contribution < 1.29 is 9.15 Å². The van der Waals surface area contributed by atoms with Gasteiger partial charge in [-0.1, -0.05) is 13.8 Å². The molecule has 0 aromatic carbocycles. The third-order valence-electron chi connectivity index (χ3n) is 3.93. The van der Waals surface area contributed by atoms with Gasteiger partial charge < -0.3 is 14.5 Å². The quantitative estimate of drug-likeness (QED) is 0.854. The molecule has 1 fully saturated rings. The highest BCUT2D eigenvalue weighted by Gasteiger charge is 2.34. The van der Waals surface area contributed by atoms with Crippen LogP contribution in [0.25, 0.3) is 0 Å². The van der Waals surface area contributed by atoms with Crippen LogP contribution >= 0.6 is 0 Å². The van der Waals surface area contributed by atoms with Gasteiger partial charge in [-0.05, 0) is 37.8 Å². The highest BCUT2D eigenvalue weighted by Crippen LogP contribution is 2.31. The van der Waals surface area contributed by atoms with E-state index >= 15 is 0 Å². The monoisotopic (exact) mass is 237 g/mol. The minimum absolute atomic E-state index is 0.0963. The molecule has 1 aliphatic rings. The second-order valence-electron chi connectivity index (χ2n) is 4.89. The van der Waals surface area contributed by atoms with E-state index in [1.807, 2.05) is 12.1 Å². The number of rotatable bonds is 5. The first-order valence-electron chi connectivity index (χ1n) is 6.68. The summed E-state index contributed by atoms with van der Waals surface area (Å²) < 4.78 is 11.3. The van der Waals surface area contributed by atoms with Gasteiger partial charge in [0.15, 0.2) is 0 Å². The minimum Gasteiger partial charge on any atom is -0.468 e. The van der Waals surface area contributed by atoms with Crippen LogP contribution in [-0.4, -0.2) is 18.2 Å². The number of nitrogens with one attached hydrogen (secondary N) is 1. The van der Waals surface area contributed by atoms with E-state index in [2.05, 4.69) is 19.2 Å². The van der Waals surface area contributed by atoms with Gasteiger partial charge in [-0.15, -0.1) is 0 Å². The van der Waals surface area contributed by atoms with Crippen LogP contribution < -0.4 is 5.32 Å². The van der Waals surface area contributed by atoms with Crippen molar-refractivity contribution in [2.45, 2.75) is 57.7 Å². The molecule has 96 valence electrons. The SMILES string of the molecule is CCC1(CC)CC(NCc2ccco2)CCO1. The van der Waals surface area contributed by atoms with Gasteiger partial charge in [-0.3, -0.25) is 0 Å². The summed E-state index contributed by atoms with van der Waals surface area (Å²) in [7, 11) is 0. The third kappa shape index (κ3) is 3.11. The Balaban J connectivity index is 1.85. The van der Waals surface area contributed by atoms with Crippen molar-refractivity contribution in [3.8, 4) is 0 Å².